The Kier molecular flexibility index (Phi) is 5.54. The van der Waals surface area contributed by atoms with E-state index in [4.69, 9.17) is 0 Å². The summed E-state index contributed by atoms with van der Waals surface area (Å²) in [5, 5.41) is 0. The van der Waals surface area contributed by atoms with Gasteiger partial charge in [0.2, 0.25) is 0 Å². The lowest BCUT2D eigenvalue weighted by molar-refractivity contribution is 0.125. The van der Waals surface area contributed by atoms with Crippen molar-refractivity contribution in [3.8, 4) is 0 Å². The molecular weight excluding hydrogens is 334 g/mol. The SMILES string of the molecule is CC(C)c1ccc(CN2C[C@@H]3CC[C@H]2CN(S(=O)(=O)N(C)C)C3)cc1. The van der Waals surface area contributed by atoms with Crippen molar-refractivity contribution in [2.75, 3.05) is 33.7 Å². The summed E-state index contributed by atoms with van der Waals surface area (Å²) in [7, 11) is -0.0781. The second-order valence-corrected chi connectivity index (χ2v) is 10.2. The van der Waals surface area contributed by atoms with E-state index in [2.05, 4.69) is 43.0 Å². The number of piperidine rings is 1. The van der Waals surface area contributed by atoms with Crippen molar-refractivity contribution in [2.45, 2.75) is 45.2 Å². The number of hydrogen-bond donors (Lipinski definition) is 0. The van der Waals surface area contributed by atoms with Crippen LogP contribution in [0, 0.1) is 5.92 Å². The quantitative estimate of drug-likeness (QED) is 0.805. The molecule has 6 heteroatoms. The second kappa shape index (κ2) is 7.35. The monoisotopic (exact) mass is 365 g/mol. The molecule has 0 radical (unpaired) electrons. The predicted molar refractivity (Wildman–Crippen MR) is 102 cm³/mol. The van der Waals surface area contributed by atoms with Crippen molar-refractivity contribution >= 4 is 10.2 Å². The van der Waals surface area contributed by atoms with Crippen LogP contribution in [0.1, 0.15) is 43.7 Å². The van der Waals surface area contributed by atoms with Gasteiger partial charge in [-0.15, -0.1) is 0 Å². The van der Waals surface area contributed by atoms with E-state index in [1.165, 1.54) is 15.4 Å². The van der Waals surface area contributed by atoms with Gasteiger partial charge in [-0.25, -0.2) is 0 Å². The first-order valence-corrected chi connectivity index (χ1v) is 10.7. The highest BCUT2D eigenvalue weighted by atomic mass is 32.2. The maximum absolute atomic E-state index is 12.6. The molecule has 0 saturated carbocycles. The maximum Gasteiger partial charge on any atom is 0.281 e. The first-order chi connectivity index (χ1) is 11.8. The molecule has 3 saturated heterocycles. The van der Waals surface area contributed by atoms with Gasteiger partial charge in [-0.1, -0.05) is 38.1 Å². The van der Waals surface area contributed by atoms with E-state index >= 15 is 0 Å². The van der Waals surface area contributed by atoms with Crippen molar-refractivity contribution < 1.29 is 8.42 Å². The number of rotatable bonds is 5. The van der Waals surface area contributed by atoms with Gasteiger partial charge in [-0.2, -0.15) is 17.0 Å². The van der Waals surface area contributed by atoms with E-state index < -0.39 is 10.2 Å². The van der Waals surface area contributed by atoms with Crippen molar-refractivity contribution in [3.63, 3.8) is 0 Å². The molecule has 2 bridgehead atoms. The van der Waals surface area contributed by atoms with E-state index in [0.717, 1.165) is 25.9 Å². The van der Waals surface area contributed by atoms with Gasteiger partial charge in [-0.3, -0.25) is 4.90 Å². The van der Waals surface area contributed by atoms with Crippen molar-refractivity contribution in [1.82, 2.24) is 13.5 Å². The largest absolute Gasteiger partial charge is 0.294 e. The van der Waals surface area contributed by atoms with Crippen molar-refractivity contribution in [3.05, 3.63) is 35.4 Å². The van der Waals surface area contributed by atoms with E-state index in [-0.39, 0.29) is 0 Å². The van der Waals surface area contributed by atoms with Gasteiger partial charge in [-0.05, 0) is 35.8 Å². The Morgan fingerprint density at radius 1 is 1.08 bits per heavy atom. The van der Waals surface area contributed by atoms with Crippen molar-refractivity contribution in [1.29, 1.82) is 0 Å². The Hall–Kier alpha value is -0.950. The van der Waals surface area contributed by atoms with Crippen LogP contribution in [0.5, 0.6) is 0 Å². The average Bonchev–Trinajstić information content (AvgIpc) is 2.87. The average molecular weight is 366 g/mol. The number of benzene rings is 1. The number of nitrogens with zero attached hydrogens (tertiary/aromatic N) is 3. The summed E-state index contributed by atoms with van der Waals surface area (Å²) in [4.78, 5) is 2.49. The highest BCUT2D eigenvalue weighted by Crippen LogP contribution is 2.31. The van der Waals surface area contributed by atoms with Gasteiger partial charge >= 0.3 is 0 Å². The lowest BCUT2D eigenvalue weighted by Gasteiger charge is -2.36. The van der Waals surface area contributed by atoms with Gasteiger partial charge in [0, 0.05) is 46.3 Å². The molecule has 3 heterocycles. The van der Waals surface area contributed by atoms with Gasteiger partial charge in [0.15, 0.2) is 0 Å². The minimum absolute atomic E-state index is 0.318. The van der Waals surface area contributed by atoms with E-state index in [0.29, 0.717) is 31.0 Å². The molecule has 3 aliphatic rings. The second-order valence-electron chi connectivity index (χ2n) is 8.03. The topological polar surface area (TPSA) is 43.9 Å². The fourth-order valence-corrected chi connectivity index (χ4v) is 5.21. The summed E-state index contributed by atoms with van der Waals surface area (Å²) in [6, 6.07) is 9.21. The fraction of sp³-hybridized carbons (Fsp3) is 0.684. The summed E-state index contributed by atoms with van der Waals surface area (Å²) in [6.07, 6.45) is 2.22. The standard InChI is InChI=1S/C19H31N3O2S/c1-15(2)18-8-5-16(6-9-18)11-21-12-17-7-10-19(21)14-22(13-17)25(23,24)20(3)4/h5-6,8-9,15,17,19H,7,10-14H2,1-4H3/t17-,19-/m0/s1. The van der Waals surface area contributed by atoms with Gasteiger partial charge in [0.25, 0.3) is 10.2 Å². The molecule has 5 nitrogen and oxygen atoms in total. The van der Waals surface area contributed by atoms with Gasteiger partial charge in [0.05, 0.1) is 0 Å². The summed E-state index contributed by atoms with van der Waals surface area (Å²) in [5.74, 6) is 0.983. The highest BCUT2D eigenvalue weighted by Gasteiger charge is 2.39. The van der Waals surface area contributed by atoms with Gasteiger partial charge in [0.1, 0.15) is 0 Å². The predicted octanol–water partition coefficient (Wildman–Crippen LogP) is 2.51. The first kappa shape index (κ1) is 18.8. The third kappa shape index (κ3) is 4.08. The van der Waals surface area contributed by atoms with Crippen LogP contribution < -0.4 is 0 Å². The lowest BCUT2D eigenvalue weighted by atomic mass is 9.94. The molecule has 140 valence electrons. The molecule has 0 N–H and O–H groups in total. The molecule has 0 aliphatic carbocycles. The summed E-state index contributed by atoms with van der Waals surface area (Å²) >= 11 is 0. The van der Waals surface area contributed by atoms with Crippen LogP contribution >= 0.6 is 0 Å². The smallest absolute Gasteiger partial charge is 0.281 e. The molecule has 4 rings (SSSR count). The molecule has 2 atom stereocenters. The Bertz CT molecular complexity index is 685. The summed E-state index contributed by atoms with van der Waals surface area (Å²) < 4.78 is 28.1. The Morgan fingerprint density at radius 3 is 2.36 bits per heavy atom. The molecule has 0 spiro atoms. The summed E-state index contributed by atoms with van der Waals surface area (Å²) in [5.41, 5.74) is 2.68. The van der Waals surface area contributed by atoms with Crippen LogP contribution in [0.3, 0.4) is 0 Å². The van der Waals surface area contributed by atoms with E-state index in [9.17, 15) is 8.42 Å². The fourth-order valence-electron chi connectivity index (χ4n) is 3.99. The van der Waals surface area contributed by atoms with E-state index in [1.54, 1.807) is 18.4 Å². The third-order valence-corrected chi connectivity index (χ3v) is 7.49. The van der Waals surface area contributed by atoms with E-state index in [1.807, 2.05) is 0 Å². The molecule has 25 heavy (non-hydrogen) atoms. The minimum atomic E-state index is -3.32. The van der Waals surface area contributed by atoms with Crippen LogP contribution in [0.25, 0.3) is 0 Å². The van der Waals surface area contributed by atoms with Gasteiger partial charge < -0.3 is 0 Å². The molecule has 3 aliphatic heterocycles. The molecule has 0 aromatic heterocycles. The lowest BCUT2D eigenvalue weighted by Crippen LogP contribution is -2.45. The Morgan fingerprint density at radius 2 is 1.76 bits per heavy atom. The Labute approximate surface area is 152 Å². The van der Waals surface area contributed by atoms with Crippen LogP contribution in [0.2, 0.25) is 0 Å². The molecule has 1 aromatic rings. The third-order valence-electron chi connectivity index (χ3n) is 5.61. The maximum atomic E-state index is 12.6. The highest BCUT2D eigenvalue weighted by molar-refractivity contribution is 7.86. The molecule has 1 aromatic carbocycles. The zero-order valence-electron chi connectivity index (χ0n) is 15.9. The van der Waals surface area contributed by atoms with Crippen LogP contribution in [0.15, 0.2) is 24.3 Å². The number of fused-ring (bicyclic) bond motifs is 4. The molecular formula is C19H31N3O2S. The summed E-state index contributed by atoms with van der Waals surface area (Å²) in [6.45, 7) is 7.59. The van der Waals surface area contributed by atoms with Crippen molar-refractivity contribution in [2.24, 2.45) is 5.92 Å². The van der Waals surface area contributed by atoms with Crippen LogP contribution in [-0.2, 0) is 16.8 Å². The zero-order valence-corrected chi connectivity index (χ0v) is 16.7. The van der Waals surface area contributed by atoms with Crippen LogP contribution in [-0.4, -0.2) is 61.7 Å². The number of hydrogen-bond acceptors (Lipinski definition) is 3. The normalized spacial score (nSPS) is 25.7. The molecule has 3 fully saturated rings. The van der Waals surface area contributed by atoms with Crippen LogP contribution in [0.4, 0.5) is 0 Å². The first-order valence-electron chi connectivity index (χ1n) is 9.28. The molecule has 0 amide bonds. The Balaban J connectivity index is 1.72. The zero-order chi connectivity index (χ0) is 18.2. The molecule has 0 unspecified atom stereocenters. The minimum Gasteiger partial charge on any atom is -0.294 e.